The quantitative estimate of drug-likeness (QED) is 0.205. The Morgan fingerprint density at radius 3 is 2.24 bits per heavy atom. The smallest absolute Gasteiger partial charge is 0.124 e. The number of hydrogen-bond donors (Lipinski definition) is 3. The topological polar surface area (TPSA) is 63.9 Å². The molecule has 1 aliphatic heterocycles. The third kappa shape index (κ3) is 5.57. The average Bonchev–Trinajstić information content (AvgIpc) is 3.25. The summed E-state index contributed by atoms with van der Waals surface area (Å²) in [5, 5.41) is 31.3. The van der Waals surface area contributed by atoms with Crippen molar-refractivity contribution in [3.8, 4) is 22.6 Å². The number of phenols is 2. The predicted octanol–water partition coefficient (Wildman–Crippen LogP) is 7.70. The van der Waals surface area contributed by atoms with Gasteiger partial charge in [-0.3, -0.25) is 0 Å². The van der Waals surface area contributed by atoms with Crippen molar-refractivity contribution in [3.05, 3.63) is 114 Å². The molecule has 0 spiro atoms. The summed E-state index contributed by atoms with van der Waals surface area (Å²) in [6, 6.07) is 28.9. The molecular formula is C32H30FNO3S. The van der Waals surface area contributed by atoms with Crippen LogP contribution in [0.3, 0.4) is 0 Å². The second-order valence-electron chi connectivity index (χ2n) is 9.83. The zero-order valence-corrected chi connectivity index (χ0v) is 21.7. The Balaban J connectivity index is 1.38. The maximum Gasteiger partial charge on any atom is 0.124 e. The molecule has 3 atom stereocenters. The van der Waals surface area contributed by atoms with Crippen LogP contribution < -0.4 is 4.90 Å². The Morgan fingerprint density at radius 2 is 1.55 bits per heavy atom. The van der Waals surface area contributed by atoms with E-state index in [9.17, 15) is 19.7 Å². The number of rotatable bonds is 8. The van der Waals surface area contributed by atoms with E-state index in [0.717, 1.165) is 34.6 Å². The molecule has 0 aromatic heterocycles. The van der Waals surface area contributed by atoms with Crippen molar-refractivity contribution in [2.75, 3.05) is 4.90 Å². The number of anilines is 1. The minimum absolute atomic E-state index is 0.00422. The monoisotopic (exact) mass is 527 g/mol. The first-order valence-electron chi connectivity index (χ1n) is 12.8. The summed E-state index contributed by atoms with van der Waals surface area (Å²) in [6.45, 7) is 0. The molecule has 1 saturated heterocycles. The molecule has 6 heteroatoms. The van der Waals surface area contributed by atoms with Crippen molar-refractivity contribution in [2.24, 2.45) is 5.92 Å². The number of aromatic hydroxyl groups is 2. The van der Waals surface area contributed by atoms with Gasteiger partial charge in [0.15, 0.2) is 0 Å². The van der Waals surface area contributed by atoms with E-state index < -0.39 is 6.10 Å². The Morgan fingerprint density at radius 1 is 0.868 bits per heavy atom. The van der Waals surface area contributed by atoms with Crippen LogP contribution in [0.1, 0.15) is 49.0 Å². The lowest BCUT2D eigenvalue weighted by Gasteiger charge is -2.31. The van der Waals surface area contributed by atoms with Gasteiger partial charge in [0, 0.05) is 23.7 Å². The Labute approximate surface area is 227 Å². The van der Waals surface area contributed by atoms with Crippen LogP contribution in [0.25, 0.3) is 11.1 Å². The normalized spacial score (nSPS) is 18.1. The van der Waals surface area contributed by atoms with Crippen molar-refractivity contribution < 1.29 is 19.7 Å². The number of benzene rings is 4. The molecule has 0 saturated carbocycles. The van der Waals surface area contributed by atoms with Crippen molar-refractivity contribution >= 4 is 22.9 Å². The van der Waals surface area contributed by atoms with Crippen molar-refractivity contribution in [2.45, 2.75) is 37.8 Å². The largest absolute Gasteiger partial charge is 0.508 e. The van der Waals surface area contributed by atoms with E-state index in [-0.39, 0.29) is 29.3 Å². The van der Waals surface area contributed by atoms with E-state index >= 15 is 0 Å². The van der Waals surface area contributed by atoms with E-state index in [1.165, 1.54) is 18.2 Å². The first kappa shape index (κ1) is 25.9. The van der Waals surface area contributed by atoms with Crippen molar-refractivity contribution in [1.82, 2.24) is 0 Å². The lowest BCUT2D eigenvalue weighted by Crippen LogP contribution is -2.28. The van der Waals surface area contributed by atoms with Crippen LogP contribution in [-0.4, -0.2) is 20.3 Å². The Bertz CT molecular complexity index is 1390. The highest BCUT2D eigenvalue weighted by Crippen LogP contribution is 2.47. The van der Waals surface area contributed by atoms with Crippen LogP contribution in [0.4, 0.5) is 10.1 Å². The highest BCUT2D eigenvalue weighted by Gasteiger charge is 2.40. The molecule has 4 nitrogen and oxygen atoms in total. The summed E-state index contributed by atoms with van der Waals surface area (Å²) < 4.78 is 13.3. The standard InChI is InChI=1S/C32H30FNO3S/c33-25-13-9-23(10-14-25)29(36)8-4-7-24-19-31(38)34(32(24)28-18-17-27(35)20-30(28)37)26-15-11-22(12-16-26)21-5-2-1-3-6-21/h1-3,5-6,9-18,20,24,29,32,35-37H,4,7-8,19H2. The van der Waals surface area contributed by atoms with Crippen LogP contribution in [0.2, 0.25) is 0 Å². The fraction of sp³-hybridized carbons (Fsp3) is 0.219. The lowest BCUT2D eigenvalue weighted by atomic mass is 9.88. The van der Waals surface area contributed by atoms with E-state index in [2.05, 4.69) is 41.3 Å². The summed E-state index contributed by atoms with van der Waals surface area (Å²) in [5.41, 5.74) is 4.59. The molecule has 4 aromatic rings. The number of aliphatic hydroxyl groups excluding tert-OH is 1. The molecule has 0 bridgehead atoms. The number of halogens is 1. The molecule has 5 rings (SSSR count). The summed E-state index contributed by atoms with van der Waals surface area (Å²) >= 11 is 5.87. The van der Waals surface area contributed by atoms with Gasteiger partial charge in [-0.25, -0.2) is 4.39 Å². The fourth-order valence-electron chi connectivity index (χ4n) is 5.41. The second-order valence-corrected chi connectivity index (χ2v) is 10.3. The van der Waals surface area contributed by atoms with Gasteiger partial charge in [0.05, 0.1) is 17.1 Å². The SMILES string of the molecule is Oc1ccc(C2C(CCCC(O)c3ccc(F)cc3)CC(=S)N2c2ccc(-c3ccccc3)cc2)c(O)c1. The molecule has 38 heavy (non-hydrogen) atoms. The zero-order valence-electron chi connectivity index (χ0n) is 20.9. The van der Waals surface area contributed by atoms with Gasteiger partial charge in [-0.2, -0.15) is 0 Å². The van der Waals surface area contributed by atoms with Crippen LogP contribution >= 0.6 is 12.2 Å². The number of hydrogen-bond acceptors (Lipinski definition) is 4. The Hall–Kier alpha value is -3.74. The van der Waals surface area contributed by atoms with Gasteiger partial charge >= 0.3 is 0 Å². The van der Waals surface area contributed by atoms with E-state index in [1.807, 2.05) is 18.2 Å². The van der Waals surface area contributed by atoms with Crippen LogP contribution in [0, 0.1) is 11.7 Å². The molecule has 1 heterocycles. The van der Waals surface area contributed by atoms with Crippen molar-refractivity contribution in [1.29, 1.82) is 0 Å². The number of aliphatic hydroxyl groups is 1. The molecule has 0 amide bonds. The molecule has 0 aliphatic carbocycles. The highest BCUT2D eigenvalue weighted by molar-refractivity contribution is 7.80. The molecule has 1 aliphatic rings. The third-order valence-electron chi connectivity index (χ3n) is 7.32. The first-order valence-corrected chi connectivity index (χ1v) is 13.2. The van der Waals surface area contributed by atoms with Gasteiger partial charge < -0.3 is 20.2 Å². The molecule has 194 valence electrons. The summed E-state index contributed by atoms with van der Waals surface area (Å²) in [4.78, 5) is 2.90. The van der Waals surface area contributed by atoms with Crippen LogP contribution in [-0.2, 0) is 0 Å². The Kier molecular flexibility index (Phi) is 7.72. The molecule has 0 radical (unpaired) electrons. The number of nitrogens with zero attached hydrogens (tertiary/aromatic N) is 1. The van der Waals surface area contributed by atoms with Gasteiger partial charge in [0.2, 0.25) is 0 Å². The molecule has 4 aromatic carbocycles. The van der Waals surface area contributed by atoms with Crippen LogP contribution in [0.15, 0.2) is 97.1 Å². The molecular weight excluding hydrogens is 497 g/mol. The van der Waals surface area contributed by atoms with Gasteiger partial charge in [-0.15, -0.1) is 0 Å². The molecule has 3 N–H and O–H groups in total. The third-order valence-corrected chi connectivity index (χ3v) is 7.69. The minimum atomic E-state index is -0.675. The summed E-state index contributed by atoms with van der Waals surface area (Å²) in [5.74, 6) is -0.187. The predicted molar refractivity (Wildman–Crippen MR) is 153 cm³/mol. The second kappa shape index (κ2) is 11.3. The van der Waals surface area contributed by atoms with Crippen LogP contribution in [0.5, 0.6) is 11.5 Å². The number of thiocarbonyl (C=S) groups is 1. The minimum Gasteiger partial charge on any atom is -0.508 e. The maximum atomic E-state index is 13.3. The van der Waals surface area contributed by atoms with E-state index in [1.54, 1.807) is 24.3 Å². The number of phenolic OH excluding ortho intramolecular Hbond substituents is 2. The summed E-state index contributed by atoms with van der Waals surface area (Å²) in [6.07, 6.45) is 2.05. The van der Waals surface area contributed by atoms with E-state index in [4.69, 9.17) is 12.2 Å². The maximum absolute atomic E-state index is 13.3. The van der Waals surface area contributed by atoms with Gasteiger partial charge in [0.1, 0.15) is 17.3 Å². The zero-order chi connectivity index (χ0) is 26.6. The molecule has 1 fully saturated rings. The van der Waals surface area contributed by atoms with Gasteiger partial charge in [0.25, 0.3) is 0 Å². The van der Waals surface area contributed by atoms with Crippen molar-refractivity contribution in [3.63, 3.8) is 0 Å². The molecule has 3 unspecified atom stereocenters. The average molecular weight is 528 g/mol. The fourth-order valence-corrected chi connectivity index (χ4v) is 5.84. The van der Waals surface area contributed by atoms with Gasteiger partial charge in [-0.05, 0) is 71.8 Å². The summed E-state index contributed by atoms with van der Waals surface area (Å²) in [7, 11) is 0. The van der Waals surface area contributed by atoms with Gasteiger partial charge in [-0.1, -0.05) is 73.2 Å². The highest BCUT2D eigenvalue weighted by atomic mass is 32.1. The first-order chi connectivity index (χ1) is 18.4. The van der Waals surface area contributed by atoms with E-state index in [0.29, 0.717) is 24.0 Å². The lowest BCUT2D eigenvalue weighted by molar-refractivity contribution is 0.160.